The van der Waals surface area contributed by atoms with E-state index in [4.69, 9.17) is 0 Å². The molecule has 0 N–H and O–H groups in total. The molecule has 1 aliphatic rings. The number of quaternary nitrogens is 2. The summed E-state index contributed by atoms with van der Waals surface area (Å²) in [6.45, 7) is 0. The molecule has 0 aromatic heterocycles. The Labute approximate surface area is 128 Å². The summed E-state index contributed by atoms with van der Waals surface area (Å²) in [5.41, 5.74) is 0. The summed E-state index contributed by atoms with van der Waals surface area (Å²) >= 11 is 0. The first-order chi connectivity index (χ1) is 8.77. The highest BCUT2D eigenvalue weighted by Crippen LogP contribution is 2.50. The second-order valence-corrected chi connectivity index (χ2v) is 19.0. The van der Waals surface area contributed by atoms with Crippen LogP contribution >= 0.6 is 0 Å². The van der Waals surface area contributed by atoms with Crippen LogP contribution in [-0.4, -0.2) is 128 Å². The fourth-order valence-electron chi connectivity index (χ4n) is 6.41. The van der Waals surface area contributed by atoms with Crippen LogP contribution in [0, 0.1) is 0 Å². The zero-order chi connectivity index (χ0) is 16.3. The van der Waals surface area contributed by atoms with Crippen LogP contribution in [0.2, 0.25) is 0 Å². The highest BCUT2D eigenvalue weighted by molar-refractivity contribution is 6.86. The van der Waals surface area contributed by atoms with Crippen molar-refractivity contribution >= 4 is 17.4 Å². The van der Waals surface area contributed by atoms with Gasteiger partial charge in [0.2, 0.25) is 0 Å². The van der Waals surface area contributed by atoms with Gasteiger partial charge in [0.15, 0.2) is 0 Å². The smallest absolute Gasteiger partial charge is 0.299 e. The minimum Gasteiger partial charge on any atom is -0.299 e. The molecule has 0 saturated carbocycles. The van der Waals surface area contributed by atoms with Crippen molar-refractivity contribution in [2.24, 2.45) is 0 Å². The van der Waals surface area contributed by atoms with E-state index in [1.54, 1.807) is 0 Å². The van der Waals surface area contributed by atoms with Gasteiger partial charge in [0.1, 0.15) is 0 Å². The van der Waals surface area contributed by atoms with Crippen LogP contribution in [0.1, 0.15) is 0 Å². The summed E-state index contributed by atoms with van der Waals surface area (Å²) in [6.07, 6.45) is 0. The third kappa shape index (κ3) is 1.48. The van der Waals surface area contributed by atoms with Gasteiger partial charge >= 0.3 is 17.4 Å². The second-order valence-electron chi connectivity index (χ2n) is 7.68. The molecule has 1 aliphatic heterocycles. The Morgan fingerprint density at radius 2 is 0.600 bits per heavy atom. The zero-order valence-electron chi connectivity index (χ0n) is 15.7. The van der Waals surface area contributed by atoms with Crippen molar-refractivity contribution in [3.8, 4) is 0 Å². The Balaban J connectivity index is 3.67. The monoisotopic (exact) mass is 320 g/mol. The van der Waals surface area contributed by atoms with E-state index >= 15 is 0 Å². The average molecular weight is 321 g/mol. The quantitative estimate of drug-likeness (QED) is 0.633. The van der Waals surface area contributed by atoms with Gasteiger partial charge in [-0.15, -0.1) is 0 Å². The maximum Gasteiger partial charge on any atom is 0.689 e. The van der Waals surface area contributed by atoms with Crippen molar-refractivity contribution < 1.29 is 7.63 Å². The van der Waals surface area contributed by atoms with Crippen molar-refractivity contribution in [2.45, 2.75) is 0 Å². The van der Waals surface area contributed by atoms with Crippen LogP contribution in [0.5, 0.6) is 0 Å². The van der Waals surface area contributed by atoms with Gasteiger partial charge in [0.25, 0.3) is 0 Å². The van der Waals surface area contributed by atoms with E-state index < -0.39 is 17.4 Å². The molecule has 0 aliphatic carbocycles. The number of hydrogen-bond donors (Lipinski definition) is 0. The molecule has 0 aromatic rings. The topological polar surface area (TPSA) is 13.0 Å². The van der Waals surface area contributed by atoms with E-state index in [-0.39, 0.29) is 0 Å². The first kappa shape index (κ1) is 18.2. The Morgan fingerprint density at radius 3 is 0.700 bits per heavy atom. The van der Waals surface area contributed by atoms with Crippen molar-refractivity contribution in [3.63, 3.8) is 0 Å². The maximum absolute atomic E-state index is 2.52. The summed E-state index contributed by atoms with van der Waals surface area (Å²) < 4.78 is 12.3. The minimum absolute atomic E-state index is 1.12. The lowest BCUT2D eigenvalue weighted by atomic mass is 11.2. The van der Waals surface area contributed by atoms with E-state index in [9.17, 15) is 0 Å². The lowest BCUT2D eigenvalue weighted by Crippen LogP contribution is -3.16. The standard InChI is InChI=1S/C12H36N6Si2/c1-13(2)19(14(3)4)17(9,10)20(15(5)6,16(7)8)18(19,11)12/h1-12H3/q+2. The lowest BCUT2D eigenvalue weighted by molar-refractivity contribution is -0.962. The first-order valence-electron chi connectivity index (χ1n) is 7.16. The Hall–Kier alpha value is 0.194. The molecule has 1 fully saturated rings. The molecule has 6 nitrogen and oxygen atoms in total. The largest absolute Gasteiger partial charge is 0.689 e. The van der Waals surface area contributed by atoms with Crippen LogP contribution in [0.15, 0.2) is 0 Å². The van der Waals surface area contributed by atoms with Crippen molar-refractivity contribution in [3.05, 3.63) is 0 Å². The zero-order valence-corrected chi connectivity index (χ0v) is 17.7. The van der Waals surface area contributed by atoms with Gasteiger partial charge in [0, 0.05) is 28.2 Å². The van der Waals surface area contributed by atoms with E-state index in [0.29, 0.717) is 0 Å². The molecule has 0 atom stereocenters. The van der Waals surface area contributed by atoms with Gasteiger partial charge in [-0.05, 0) is 56.4 Å². The lowest BCUT2D eigenvalue weighted by Gasteiger charge is -2.74. The van der Waals surface area contributed by atoms with Gasteiger partial charge < -0.3 is 0 Å². The number of nitrogens with zero attached hydrogens (tertiary/aromatic N) is 6. The Bertz CT molecular complexity index is 310. The minimum atomic E-state index is -1.89. The molecule has 20 heavy (non-hydrogen) atoms. The van der Waals surface area contributed by atoms with Gasteiger partial charge in [-0.1, -0.05) is 0 Å². The summed E-state index contributed by atoms with van der Waals surface area (Å²) in [4.78, 5) is 0. The molecule has 0 radical (unpaired) electrons. The Kier molecular flexibility index (Phi) is 4.42. The van der Waals surface area contributed by atoms with E-state index in [2.05, 4.69) is 103 Å². The molecule has 1 saturated heterocycles. The van der Waals surface area contributed by atoms with Crippen molar-refractivity contribution in [1.82, 2.24) is 18.3 Å². The molecular formula is C12H36N6Si2+2. The molecule has 0 aromatic carbocycles. The molecule has 1 rings (SSSR count). The summed E-state index contributed by atoms with van der Waals surface area (Å²) in [7, 11) is 24.1. The van der Waals surface area contributed by atoms with Crippen molar-refractivity contribution in [2.75, 3.05) is 84.6 Å². The molecular weight excluding hydrogens is 284 g/mol. The third-order valence-electron chi connectivity index (χ3n) is 5.40. The predicted molar refractivity (Wildman–Crippen MR) is 90.5 cm³/mol. The second kappa shape index (κ2) is 4.85. The van der Waals surface area contributed by atoms with Gasteiger partial charge in [-0.2, -0.15) is 0 Å². The highest BCUT2D eigenvalue weighted by Gasteiger charge is 3.01. The van der Waals surface area contributed by atoms with Crippen LogP contribution in [0.4, 0.5) is 0 Å². The molecule has 0 bridgehead atoms. The SMILES string of the molecule is CN(C)[Si]1(N(C)C)[N+](C)(C)[Si](N(C)C)(N(C)C)[N+]1(C)C. The van der Waals surface area contributed by atoms with Crippen LogP contribution in [0.25, 0.3) is 0 Å². The maximum atomic E-state index is 2.52. The highest BCUT2D eigenvalue weighted by atomic mass is 28.5. The molecule has 0 unspecified atom stereocenters. The molecule has 1 heterocycles. The van der Waals surface area contributed by atoms with Crippen LogP contribution in [0.3, 0.4) is 0 Å². The van der Waals surface area contributed by atoms with Crippen LogP contribution in [-0.2, 0) is 0 Å². The Morgan fingerprint density at radius 1 is 0.450 bits per heavy atom. The number of rotatable bonds is 4. The van der Waals surface area contributed by atoms with Gasteiger partial charge in [-0.3, -0.25) is 7.63 Å². The predicted octanol–water partition coefficient (Wildman–Crippen LogP) is -0.730. The third-order valence-corrected chi connectivity index (χ3v) is 19.8. The molecule has 0 amide bonds. The van der Waals surface area contributed by atoms with E-state index in [1.165, 1.54) is 0 Å². The molecule has 120 valence electrons. The van der Waals surface area contributed by atoms with Crippen LogP contribution < -0.4 is 0 Å². The van der Waals surface area contributed by atoms with Crippen molar-refractivity contribution in [1.29, 1.82) is 0 Å². The van der Waals surface area contributed by atoms with Gasteiger partial charge in [0.05, 0.1) is 0 Å². The van der Waals surface area contributed by atoms with E-state index in [0.717, 1.165) is 7.63 Å². The summed E-state index contributed by atoms with van der Waals surface area (Å²) in [5, 5.41) is 0. The molecule has 8 heteroatoms. The first-order valence-corrected chi connectivity index (χ1v) is 10.7. The fourth-order valence-corrected chi connectivity index (χ4v) is 28.9. The van der Waals surface area contributed by atoms with Gasteiger partial charge in [-0.25, -0.2) is 18.3 Å². The average Bonchev–Trinajstić information content (AvgIpc) is 2.11. The summed E-state index contributed by atoms with van der Waals surface area (Å²) in [5.74, 6) is 0. The molecule has 0 spiro atoms. The van der Waals surface area contributed by atoms with E-state index in [1.807, 2.05) is 0 Å². The number of hydrogen-bond acceptors (Lipinski definition) is 4. The normalized spacial score (nSPS) is 26.4. The summed E-state index contributed by atoms with van der Waals surface area (Å²) in [6, 6.07) is 0. The fraction of sp³-hybridized carbons (Fsp3) is 1.00.